The van der Waals surface area contributed by atoms with E-state index in [0.29, 0.717) is 11.7 Å². The Balaban J connectivity index is 1.68. The van der Waals surface area contributed by atoms with Crippen molar-refractivity contribution >= 4 is 23.4 Å². The average Bonchev–Trinajstić information content (AvgIpc) is 3.06. The predicted octanol–water partition coefficient (Wildman–Crippen LogP) is 2.78. The lowest BCUT2D eigenvalue weighted by molar-refractivity contribution is 0.102. The Kier molecular flexibility index (Phi) is 4.80. The molecule has 1 aliphatic rings. The molecule has 1 unspecified atom stereocenters. The number of rotatable bonds is 4. The third-order valence-corrected chi connectivity index (χ3v) is 4.54. The van der Waals surface area contributed by atoms with Crippen LogP contribution in [0.5, 0.6) is 0 Å². The van der Waals surface area contributed by atoms with Crippen molar-refractivity contribution in [3.8, 4) is 0 Å². The fraction of sp³-hybridized carbons (Fsp3) is 0.375. The Morgan fingerprint density at radius 3 is 3.14 bits per heavy atom. The summed E-state index contributed by atoms with van der Waals surface area (Å²) in [7, 11) is 0. The maximum absolute atomic E-state index is 12.3. The van der Waals surface area contributed by atoms with Crippen LogP contribution in [0, 0.1) is 0 Å². The van der Waals surface area contributed by atoms with Crippen molar-refractivity contribution in [2.24, 2.45) is 0 Å². The first-order chi connectivity index (χ1) is 10.8. The summed E-state index contributed by atoms with van der Waals surface area (Å²) in [6.45, 7) is 1.98. The van der Waals surface area contributed by atoms with E-state index in [0.717, 1.165) is 36.5 Å². The van der Waals surface area contributed by atoms with E-state index < -0.39 is 0 Å². The first-order valence-corrected chi connectivity index (χ1v) is 8.70. The maximum Gasteiger partial charge on any atom is 0.276 e. The molecule has 2 N–H and O–H groups in total. The van der Waals surface area contributed by atoms with E-state index in [9.17, 15) is 4.79 Å². The number of piperidine rings is 1. The quantitative estimate of drug-likeness (QED) is 0.852. The maximum atomic E-state index is 12.3. The number of benzene rings is 1. The highest BCUT2D eigenvalue weighted by Gasteiger charge is 2.17. The molecular weight excluding hydrogens is 296 g/mol. The Morgan fingerprint density at radius 2 is 2.36 bits per heavy atom. The summed E-state index contributed by atoms with van der Waals surface area (Å²) in [6, 6.07) is 9.93. The fourth-order valence-corrected chi connectivity index (χ4v) is 3.08. The van der Waals surface area contributed by atoms with Gasteiger partial charge in [-0.1, -0.05) is 6.07 Å². The summed E-state index contributed by atoms with van der Waals surface area (Å²) in [5.74, 6) is -0.166. The molecule has 1 aliphatic heterocycles. The number of hydrogen-bond donors (Lipinski definition) is 2. The molecular formula is C16H20N4OS. The van der Waals surface area contributed by atoms with Crippen molar-refractivity contribution in [1.82, 2.24) is 15.1 Å². The third-order valence-electron chi connectivity index (χ3n) is 3.81. The van der Waals surface area contributed by atoms with Gasteiger partial charge in [-0.3, -0.25) is 9.48 Å². The van der Waals surface area contributed by atoms with Gasteiger partial charge in [0, 0.05) is 23.3 Å². The minimum Gasteiger partial charge on any atom is -0.321 e. The molecule has 6 heteroatoms. The third kappa shape index (κ3) is 3.51. The molecule has 22 heavy (non-hydrogen) atoms. The van der Waals surface area contributed by atoms with Crippen LogP contribution >= 0.6 is 11.8 Å². The molecule has 3 rings (SSSR count). The van der Waals surface area contributed by atoms with Gasteiger partial charge in [-0.05, 0) is 49.9 Å². The molecule has 0 bridgehead atoms. The van der Waals surface area contributed by atoms with Crippen molar-refractivity contribution in [3.63, 3.8) is 0 Å². The van der Waals surface area contributed by atoms with Crippen LogP contribution in [-0.2, 0) is 0 Å². The zero-order chi connectivity index (χ0) is 15.4. The summed E-state index contributed by atoms with van der Waals surface area (Å²) < 4.78 is 1.90. The number of amides is 1. The Labute approximate surface area is 134 Å². The molecule has 2 aromatic rings. The molecule has 1 amide bonds. The Bertz CT molecular complexity index is 649. The zero-order valence-electron chi connectivity index (χ0n) is 12.6. The van der Waals surface area contributed by atoms with Gasteiger partial charge in [0.15, 0.2) is 5.69 Å². The van der Waals surface area contributed by atoms with Crippen LogP contribution in [-0.4, -0.2) is 35.0 Å². The number of nitrogens with one attached hydrogen (secondary N) is 2. The van der Waals surface area contributed by atoms with Gasteiger partial charge in [0.1, 0.15) is 0 Å². The van der Waals surface area contributed by atoms with Gasteiger partial charge in [0.05, 0.1) is 6.04 Å². The van der Waals surface area contributed by atoms with Crippen molar-refractivity contribution in [3.05, 3.63) is 42.2 Å². The number of carbonyl (C=O) groups excluding carboxylic acids is 1. The van der Waals surface area contributed by atoms with Crippen molar-refractivity contribution in [2.45, 2.75) is 23.8 Å². The van der Waals surface area contributed by atoms with Gasteiger partial charge in [-0.25, -0.2) is 0 Å². The molecule has 116 valence electrons. The largest absolute Gasteiger partial charge is 0.321 e. The highest BCUT2D eigenvalue weighted by Crippen LogP contribution is 2.20. The van der Waals surface area contributed by atoms with Crippen LogP contribution in [0.3, 0.4) is 0 Å². The first kappa shape index (κ1) is 15.1. The second-order valence-electron chi connectivity index (χ2n) is 5.37. The normalized spacial score (nSPS) is 18.1. The summed E-state index contributed by atoms with van der Waals surface area (Å²) in [4.78, 5) is 13.4. The number of nitrogens with zero attached hydrogens (tertiary/aromatic N) is 2. The topological polar surface area (TPSA) is 59.0 Å². The number of thioether (sulfide) groups is 1. The number of aromatic nitrogens is 2. The highest BCUT2D eigenvalue weighted by atomic mass is 32.2. The van der Waals surface area contributed by atoms with Crippen LogP contribution in [0.25, 0.3) is 0 Å². The molecule has 1 saturated heterocycles. The van der Waals surface area contributed by atoms with Gasteiger partial charge in [0.25, 0.3) is 5.91 Å². The predicted molar refractivity (Wildman–Crippen MR) is 89.5 cm³/mol. The van der Waals surface area contributed by atoms with Crippen LogP contribution in [0.2, 0.25) is 0 Å². The summed E-state index contributed by atoms with van der Waals surface area (Å²) in [5, 5.41) is 10.7. The van der Waals surface area contributed by atoms with E-state index in [1.807, 2.05) is 41.4 Å². The van der Waals surface area contributed by atoms with Crippen molar-refractivity contribution in [2.75, 3.05) is 24.7 Å². The minimum atomic E-state index is -0.166. The lowest BCUT2D eigenvalue weighted by Crippen LogP contribution is -2.32. The van der Waals surface area contributed by atoms with E-state index in [-0.39, 0.29) is 5.91 Å². The lowest BCUT2D eigenvalue weighted by Gasteiger charge is -2.22. The minimum absolute atomic E-state index is 0.166. The fourth-order valence-electron chi connectivity index (χ4n) is 2.62. The molecule has 1 aromatic carbocycles. The van der Waals surface area contributed by atoms with E-state index in [2.05, 4.69) is 15.7 Å². The lowest BCUT2D eigenvalue weighted by atomic mass is 10.1. The van der Waals surface area contributed by atoms with E-state index in [1.165, 1.54) is 0 Å². The molecule has 2 heterocycles. The molecule has 0 saturated carbocycles. The highest BCUT2D eigenvalue weighted by molar-refractivity contribution is 7.98. The van der Waals surface area contributed by atoms with Gasteiger partial charge in [0.2, 0.25) is 0 Å². The van der Waals surface area contributed by atoms with Crippen LogP contribution in [0.4, 0.5) is 5.69 Å². The Morgan fingerprint density at radius 1 is 1.45 bits per heavy atom. The molecule has 1 atom stereocenters. The van der Waals surface area contributed by atoms with Gasteiger partial charge >= 0.3 is 0 Å². The summed E-state index contributed by atoms with van der Waals surface area (Å²) >= 11 is 1.65. The summed E-state index contributed by atoms with van der Waals surface area (Å²) in [5.41, 5.74) is 1.26. The van der Waals surface area contributed by atoms with Crippen LogP contribution in [0.15, 0.2) is 41.4 Å². The molecule has 0 aliphatic carbocycles. The average molecular weight is 316 g/mol. The number of carbonyl (C=O) groups is 1. The first-order valence-electron chi connectivity index (χ1n) is 7.47. The van der Waals surface area contributed by atoms with Crippen molar-refractivity contribution in [1.29, 1.82) is 0 Å². The van der Waals surface area contributed by atoms with Crippen molar-refractivity contribution < 1.29 is 4.79 Å². The number of anilines is 1. The SMILES string of the molecule is CSc1cccc(NC(=O)c2ccn(C3CCCNC3)n2)c1. The summed E-state index contributed by atoms with van der Waals surface area (Å²) in [6.07, 6.45) is 6.16. The van der Waals surface area contributed by atoms with Crippen LogP contribution in [0.1, 0.15) is 29.4 Å². The zero-order valence-corrected chi connectivity index (χ0v) is 13.4. The molecule has 1 fully saturated rings. The van der Waals surface area contributed by atoms with Gasteiger partial charge in [-0.2, -0.15) is 5.10 Å². The molecule has 0 spiro atoms. The second-order valence-corrected chi connectivity index (χ2v) is 6.25. The van der Waals surface area contributed by atoms with Gasteiger partial charge < -0.3 is 10.6 Å². The van der Waals surface area contributed by atoms with E-state index in [4.69, 9.17) is 0 Å². The molecule has 0 radical (unpaired) electrons. The number of hydrogen-bond acceptors (Lipinski definition) is 4. The Hall–Kier alpha value is -1.79. The molecule has 1 aromatic heterocycles. The van der Waals surface area contributed by atoms with E-state index in [1.54, 1.807) is 17.8 Å². The monoisotopic (exact) mass is 316 g/mol. The standard InChI is InChI=1S/C16H20N4OS/c1-22-14-6-2-4-12(10-14)18-16(21)15-7-9-20(19-15)13-5-3-8-17-11-13/h2,4,6-7,9-10,13,17H,3,5,8,11H2,1H3,(H,18,21). The second kappa shape index (κ2) is 6.98. The van der Waals surface area contributed by atoms with E-state index >= 15 is 0 Å². The molecule has 5 nitrogen and oxygen atoms in total. The van der Waals surface area contributed by atoms with Gasteiger partial charge in [-0.15, -0.1) is 11.8 Å². The smallest absolute Gasteiger partial charge is 0.276 e. The van der Waals surface area contributed by atoms with Crippen LogP contribution < -0.4 is 10.6 Å².